The molecule has 0 bridgehead atoms. The van der Waals surface area contributed by atoms with Crippen LogP contribution in [0.2, 0.25) is 0 Å². The molecule has 1 aliphatic rings. The molecule has 0 spiro atoms. The molecule has 1 aliphatic heterocycles. The number of anilines is 1. The van der Waals surface area contributed by atoms with Gasteiger partial charge in [0.2, 0.25) is 0 Å². The number of nitriles is 1. The summed E-state index contributed by atoms with van der Waals surface area (Å²) in [6.07, 6.45) is 2.82. The van der Waals surface area contributed by atoms with Gasteiger partial charge in [0.15, 0.2) is 0 Å². The lowest BCUT2D eigenvalue weighted by atomic mass is 10.1. The highest BCUT2D eigenvalue weighted by Gasteiger charge is 2.23. The van der Waals surface area contributed by atoms with Crippen molar-refractivity contribution in [2.75, 3.05) is 24.5 Å². The van der Waals surface area contributed by atoms with E-state index in [1.54, 1.807) is 18.3 Å². The maximum absolute atomic E-state index is 8.96. The highest BCUT2D eigenvalue weighted by atomic mass is 15.2. The van der Waals surface area contributed by atoms with Gasteiger partial charge in [0.1, 0.15) is 11.9 Å². The molecule has 0 amide bonds. The number of hydrogen-bond acceptors (Lipinski definition) is 4. The van der Waals surface area contributed by atoms with Crippen molar-refractivity contribution in [2.45, 2.75) is 6.42 Å². The first-order chi connectivity index (χ1) is 7.35. The van der Waals surface area contributed by atoms with Gasteiger partial charge in [-0.05, 0) is 31.0 Å². The van der Waals surface area contributed by atoms with Crippen LogP contribution in [0.3, 0.4) is 0 Å². The molecule has 15 heavy (non-hydrogen) atoms. The topological polar surface area (TPSA) is 65.9 Å². The molecule has 78 valence electrons. The predicted octanol–water partition coefficient (Wildman–Crippen LogP) is 0.738. The largest absolute Gasteiger partial charge is 0.355 e. The van der Waals surface area contributed by atoms with Crippen molar-refractivity contribution in [3.05, 3.63) is 23.9 Å². The molecule has 0 saturated carbocycles. The second kappa shape index (κ2) is 4.28. The number of pyridine rings is 1. The van der Waals surface area contributed by atoms with Crippen molar-refractivity contribution in [1.29, 1.82) is 5.26 Å². The number of rotatable bonds is 2. The minimum Gasteiger partial charge on any atom is -0.355 e. The highest BCUT2D eigenvalue weighted by Crippen LogP contribution is 2.23. The van der Waals surface area contributed by atoms with E-state index in [2.05, 4.69) is 16.0 Å². The lowest BCUT2D eigenvalue weighted by Crippen LogP contribution is -2.24. The van der Waals surface area contributed by atoms with Gasteiger partial charge in [0, 0.05) is 19.3 Å². The van der Waals surface area contributed by atoms with Gasteiger partial charge in [-0.25, -0.2) is 4.98 Å². The lowest BCUT2D eigenvalue weighted by Gasteiger charge is -2.17. The third-order valence-electron chi connectivity index (χ3n) is 2.83. The Morgan fingerprint density at radius 2 is 2.53 bits per heavy atom. The summed E-state index contributed by atoms with van der Waals surface area (Å²) in [6, 6.07) is 5.76. The monoisotopic (exact) mass is 202 g/mol. The summed E-state index contributed by atoms with van der Waals surface area (Å²) in [5, 5.41) is 8.96. The Bertz CT molecular complexity index is 382. The first-order valence-corrected chi connectivity index (χ1v) is 5.15. The normalized spacial score (nSPS) is 20.3. The van der Waals surface area contributed by atoms with Gasteiger partial charge in [-0.15, -0.1) is 0 Å². The Hall–Kier alpha value is -1.60. The fraction of sp³-hybridized carbons (Fsp3) is 0.455. The predicted molar refractivity (Wildman–Crippen MR) is 58.3 cm³/mol. The maximum atomic E-state index is 8.96. The van der Waals surface area contributed by atoms with Crippen molar-refractivity contribution in [1.82, 2.24) is 4.98 Å². The van der Waals surface area contributed by atoms with Gasteiger partial charge in [-0.2, -0.15) is 5.26 Å². The average Bonchev–Trinajstić information content (AvgIpc) is 2.77. The molecule has 0 aliphatic carbocycles. The molecule has 4 heteroatoms. The van der Waals surface area contributed by atoms with E-state index in [0.29, 0.717) is 18.0 Å². The second-order valence-electron chi connectivity index (χ2n) is 3.82. The van der Waals surface area contributed by atoms with E-state index in [9.17, 15) is 0 Å². The van der Waals surface area contributed by atoms with Crippen LogP contribution in [-0.2, 0) is 0 Å². The molecular formula is C11H14N4. The van der Waals surface area contributed by atoms with E-state index in [-0.39, 0.29) is 0 Å². The van der Waals surface area contributed by atoms with Gasteiger partial charge in [-0.1, -0.05) is 0 Å². The van der Waals surface area contributed by atoms with Gasteiger partial charge >= 0.3 is 0 Å². The SMILES string of the molecule is N#Cc1cccnc1N1CC[C@H](CN)C1. The Labute approximate surface area is 89.3 Å². The lowest BCUT2D eigenvalue weighted by molar-refractivity contribution is 0.602. The molecule has 4 nitrogen and oxygen atoms in total. The van der Waals surface area contributed by atoms with E-state index in [4.69, 9.17) is 11.0 Å². The second-order valence-corrected chi connectivity index (χ2v) is 3.82. The smallest absolute Gasteiger partial charge is 0.146 e. The number of hydrogen-bond donors (Lipinski definition) is 1. The summed E-state index contributed by atoms with van der Waals surface area (Å²) in [7, 11) is 0. The van der Waals surface area contributed by atoms with Crippen LogP contribution >= 0.6 is 0 Å². The van der Waals surface area contributed by atoms with Crippen LogP contribution in [0.1, 0.15) is 12.0 Å². The maximum Gasteiger partial charge on any atom is 0.146 e. The Balaban J connectivity index is 2.20. The Morgan fingerprint density at radius 1 is 1.67 bits per heavy atom. The van der Waals surface area contributed by atoms with Crippen LogP contribution in [0.4, 0.5) is 5.82 Å². The molecule has 1 aromatic rings. The summed E-state index contributed by atoms with van der Waals surface area (Å²) in [5.74, 6) is 1.34. The molecule has 1 fully saturated rings. The van der Waals surface area contributed by atoms with Gasteiger partial charge in [0.05, 0.1) is 5.56 Å². The summed E-state index contributed by atoms with van der Waals surface area (Å²) >= 11 is 0. The molecule has 1 aromatic heterocycles. The Morgan fingerprint density at radius 3 is 3.20 bits per heavy atom. The zero-order valence-electron chi connectivity index (χ0n) is 8.56. The number of nitrogens with two attached hydrogens (primary N) is 1. The summed E-state index contributed by atoms with van der Waals surface area (Å²) in [4.78, 5) is 6.41. The van der Waals surface area contributed by atoms with Gasteiger partial charge < -0.3 is 10.6 Å². The van der Waals surface area contributed by atoms with Crippen molar-refractivity contribution in [3.8, 4) is 6.07 Å². The average molecular weight is 202 g/mol. The molecule has 1 atom stereocenters. The van der Waals surface area contributed by atoms with E-state index >= 15 is 0 Å². The summed E-state index contributed by atoms with van der Waals surface area (Å²) in [6.45, 7) is 2.58. The van der Waals surface area contributed by atoms with Gasteiger partial charge in [-0.3, -0.25) is 0 Å². The van der Waals surface area contributed by atoms with E-state index in [1.807, 2.05) is 0 Å². The molecule has 2 heterocycles. The first-order valence-electron chi connectivity index (χ1n) is 5.15. The summed E-state index contributed by atoms with van der Waals surface area (Å²) in [5.41, 5.74) is 6.28. The quantitative estimate of drug-likeness (QED) is 0.768. The highest BCUT2D eigenvalue weighted by molar-refractivity contribution is 5.54. The van der Waals surface area contributed by atoms with Crippen LogP contribution in [-0.4, -0.2) is 24.6 Å². The molecule has 0 unspecified atom stereocenters. The van der Waals surface area contributed by atoms with Crippen LogP contribution in [0.5, 0.6) is 0 Å². The molecule has 0 radical (unpaired) electrons. The molecular weight excluding hydrogens is 188 g/mol. The van der Waals surface area contributed by atoms with Crippen LogP contribution < -0.4 is 10.6 Å². The molecule has 2 rings (SSSR count). The standard InChI is InChI=1S/C11H14N4/c12-6-9-3-5-15(8-9)11-10(7-13)2-1-4-14-11/h1-2,4,9H,3,5-6,8,12H2/t9-/m1/s1. The minimum absolute atomic E-state index is 0.540. The molecule has 2 N–H and O–H groups in total. The third kappa shape index (κ3) is 1.92. The van der Waals surface area contributed by atoms with Crippen LogP contribution in [0, 0.1) is 17.2 Å². The van der Waals surface area contributed by atoms with E-state index < -0.39 is 0 Å². The third-order valence-corrected chi connectivity index (χ3v) is 2.83. The van der Waals surface area contributed by atoms with Crippen molar-refractivity contribution < 1.29 is 0 Å². The zero-order valence-corrected chi connectivity index (χ0v) is 8.56. The fourth-order valence-electron chi connectivity index (χ4n) is 1.95. The zero-order chi connectivity index (χ0) is 10.7. The molecule has 1 saturated heterocycles. The number of nitrogens with zero attached hydrogens (tertiary/aromatic N) is 3. The minimum atomic E-state index is 0.540. The first kappa shape index (κ1) is 9.94. The number of aromatic nitrogens is 1. The summed E-state index contributed by atoms with van der Waals surface area (Å²) < 4.78 is 0. The van der Waals surface area contributed by atoms with Crippen LogP contribution in [0.25, 0.3) is 0 Å². The molecule has 0 aromatic carbocycles. The van der Waals surface area contributed by atoms with E-state index in [1.165, 1.54) is 0 Å². The Kier molecular flexibility index (Phi) is 2.84. The van der Waals surface area contributed by atoms with E-state index in [0.717, 1.165) is 25.3 Å². The van der Waals surface area contributed by atoms with Gasteiger partial charge in [0.25, 0.3) is 0 Å². The fourth-order valence-corrected chi connectivity index (χ4v) is 1.95. The van der Waals surface area contributed by atoms with Crippen molar-refractivity contribution >= 4 is 5.82 Å². The van der Waals surface area contributed by atoms with Crippen LogP contribution in [0.15, 0.2) is 18.3 Å². The van der Waals surface area contributed by atoms with Crippen molar-refractivity contribution in [3.63, 3.8) is 0 Å². The van der Waals surface area contributed by atoms with Crippen molar-refractivity contribution in [2.24, 2.45) is 11.7 Å².